The highest BCUT2D eigenvalue weighted by molar-refractivity contribution is 5.95. The van der Waals surface area contributed by atoms with Crippen LogP contribution in [-0.4, -0.2) is 22.5 Å². The molecule has 2 N–H and O–H groups in total. The number of hydrogen-bond donors (Lipinski definition) is 2. The van der Waals surface area contributed by atoms with E-state index in [0.29, 0.717) is 18.4 Å². The van der Waals surface area contributed by atoms with Crippen molar-refractivity contribution in [2.45, 2.75) is 37.6 Å². The van der Waals surface area contributed by atoms with Gasteiger partial charge in [-0.2, -0.15) is 0 Å². The Kier molecular flexibility index (Phi) is 4.73. The summed E-state index contributed by atoms with van der Waals surface area (Å²) in [7, 11) is 0. The number of carboxylic acids is 1. The van der Waals surface area contributed by atoms with Crippen molar-refractivity contribution in [3.63, 3.8) is 0 Å². The molecule has 0 aliphatic heterocycles. The zero-order valence-electron chi connectivity index (χ0n) is 11.6. The van der Waals surface area contributed by atoms with E-state index in [0.717, 1.165) is 19.3 Å². The molecule has 0 radical (unpaired) electrons. The van der Waals surface area contributed by atoms with Crippen LogP contribution >= 0.6 is 0 Å². The summed E-state index contributed by atoms with van der Waals surface area (Å²) in [6, 6.07) is 6.08. The second-order valence-electron chi connectivity index (χ2n) is 5.29. The third-order valence-corrected chi connectivity index (χ3v) is 3.80. The van der Waals surface area contributed by atoms with E-state index in [4.69, 9.17) is 0 Å². The van der Waals surface area contributed by atoms with E-state index in [2.05, 4.69) is 5.32 Å². The first kappa shape index (κ1) is 15.2. The Balaban J connectivity index is 2.06. The van der Waals surface area contributed by atoms with E-state index in [-0.39, 0.29) is 0 Å². The molecule has 21 heavy (non-hydrogen) atoms. The molecule has 1 fully saturated rings. The van der Waals surface area contributed by atoms with E-state index >= 15 is 0 Å². The highest BCUT2D eigenvalue weighted by Crippen LogP contribution is 2.28. The molecule has 0 unspecified atom stereocenters. The third-order valence-electron chi connectivity index (χ3n) is 3.80. The maximum atomic E-state index is 13.4. The maximum absolute atomic E-state index is 13.4. The zero-order chi connectivity index (χ0) is 15.3. The topological polar surface area (TPSA) is 66.4 Å². The molecule has 0 aromatic heterocycles. The Morgan fingerprint density at radius 2 is 1.86 bits per heavy atom. The van der Waals surface area contributed by atoms with Crippen molar-refractivity contribution in [2.75, 3.05) is 0 Å². The Labute approximate surface area is 122 Å². The summed E-state index contributed by atoms with van der Waals surface area (Å²) < 4.78 is 13.4. The maximum Gasteiger partial charge on any atom is 0.329 e. The van der Waals surface area contributed by atoms with E-state index in [1.54, 1.807) is 18.2 Å². The van der Waals surface area contributed by atoms with Gasteiger partial charge in [0, 0.05) is 11.6 Å². The smallest absolute Gasteiger partial charge is 0.329 e. The fourth-order valence-electron chi connectivity index (χ4n) is 2.60. The minimum absolute atomic E-state index is 0.292. The third kappa shape index (κ3) is 3.68. The number of carbonyl (C=O) groups is 2. The molecule has 5 heteroatoms. The number of amides is 1. The fraction of sp³-hybridized carbons (Fsp3) is 0.375. The molecular formula is C16H18FNO3. The minimum Gasteiger partial charge on any atom is -0.480 e. The Morgan fingerprint density at radius 3 is 2.48 bits per heavy atom. The van der Waals surface area contributed by atoms with Gasteiger partial charge in [0.05, 0.1) is 0 Å². The first-order valence-electron chi connectivity index (χ1n) is 7.02. The zero-order valence-corrected chi connectivity index (χ0v) is 11.6. The summed E-state index contributed by atoms with van der Waals surface area (Å²) in [5, 5.41) is 11.9. The number of rotatable bonds is 4. The predicted octanol–water partition coefficient (Wildman–Crippen LogP) is 2.74. The molecule has 0 bridgehead atoms. The lowest BCUT2D eigenvalue weighted by molar-refractivity contribution is -0.148. The van der Waals surface area contributed by atoms with E-state index < -0.39 is 23.2 Å². The normalized spacial score (nSPS) is 17.6. The first-order valence-corrected chi connectivity index (χ1v) is 7.02. The van der Waals surface area contributed by atoms with E-state index in [1.165, 1.54) is 18.2 Å². The lowest BCUT2D eigenvalue weighted by Gasteiger charge is -2.33. The molecule has 2 rings (SSSR count). The lowest BCUT2D eigenvalue weighted by Crippen LogP contribution is -2.55. The van der Waals surface area contributed by atoms with Gasteiger partial charge in [0.25, 0.3) is 0 Å². The van der Waals surface area contributed by atoms with Crippen molar-refractivity contribution in [1.29, 1.82) is 0 Å². The van der Waals surface area contributed by atoms with E-state index in [1.807, 2.05) is 0 Å². The van der Waals surface area contributed by atoms with Crippen LogP contribution in [0.25, 0.3) is 6.08 Å². The van der Waals surface area contributed by atoms with Gasteiger partial charge in [-0.1, -0.05) is 37.5 Å². The predicted molar refractivity (Wildman–Crippen MR) is 77.0 cm³/mol. The monoisotopic (exact) mass is 291 g/mol. The van der Waals surface area contributed by atoms with Crippen molar-refractivity contribution in [2.24, 2.45) is 0 Å². The highest BCUT2D eigenvalue weighted by atomic mass is 19.1. The van der Waals surface area contributed by atoms with Crippen LogP contribution in [0.5, 0.6) is 0 Å². The van der Waals surface area contributed by atoms with Crippen LogP contribution in [0.3, 0.4) is 0 Å². The molecule has 112 valence electrons. The van der Waals surface area contributed by atoms with Gasteiger partial charge in [-0.3, -0.25) is 4.79 Å². The summed E-state index contributed by atoms with van der Waals surface area (Å²) in [4.78, 5) is 23.4. The Hall–Kier alpha value is -2.17. The van der Waals surface area contributed by atoms with Crippen LogP contribution in [0.15, 0.2) is 30.3 Å². The standard InChI is InChI=1S/C16H18FNO3/c17-13-7-3-2-6-12(13)8-9-14(19)18-16(15(20)21)10-4-1-5-11-16/h2-3,6-9H,1,4-5,10-11H2,(H,18,19)(H,20,21). The first-order chi connectivity index (χ1) is 10.0. The summed E-state index contributed by atoms with van der Waals surface area (Å²) >= 11 is 0. The molecule has 0 heterocycles. The van der Waals surface area contributed by atoms with Gasteiger partial charge in [-0.15, -0.1) is 0 Å². The number of benzene rings is 1. The van der Waals surface area contributed by atoms with Crippen molar-refractivity contribution in [1.82, 2.24) is 5.32 Å². The van der Waals surface area contributed by atoms with Crippen molar-refractivity contribution < 1.29 is 19.1 Å². The van der Waals surface area contributed by atoms with Crippen LogP contribution < -0.4 is 5.32 Å². The van der Waals surface area contributed by atoms with E-state index in [9.17, 15) is 19.1 Å². The van der Waals surface area contributed by atoms with Crippen LogP contribution in [-0.2, 0) is 9.59 Å². The van der Waals surface area contributed by atoms with Crippen LogP contribution in [0.4, 0.5) is 4.39 Å². The quantitative estimate of drug-likeness (QED) is 0.838. The van der Waals surface area contributed by atoms with Crippen LogP contribution in [0.1, 0.15) is 37.7 Å². The summed E-state index contributed by atoms with van der Waals surface area (Å²) in [5.41, 5.74) is -0.893. The minimum atomic E-state index is -1.19. The largest absolute Gasteiger partial charge is 0.480 e. The number of nitrogens with one attached hydrogen (secondary N) is 1. The van der Waals surface area contributed by atoms with Crippen LogP contribution in [0.2, 0.25) is 0 Å². The second-order valence-corrected chi connectivity index (χ2v) is 5.29. The molecule has 4 nitrogen and oxygen atoms in total. The van der Waals surface area contributed by atoms with Crippen molar-refractivity contribution in [3.05, 3.63) is 41.7 Å². The molecule has 0 saturated heterocycles. The molecule has 1 aromatic rings. The Morgan fingerprint density at radius 1 is 1.19 bits per heavy atom. The van der Waals surface area contributed by atoms with Gasteiger partial charge in [0.15, 0.2) is 0 Å². The van der Waals surface area contributed by atoms with Gasteiger partial charge in [-0.25, -0.2) is 9.18 Å². The van der Waals surface area contributed by atoms with Gasteiger partial charge in [0.1, 0.15) is 11.4 Å². The Bertz CT molecular complexity index is 562. The average Bonchev–Trinajstić information content (AvgIpc) is 2.47. The number of aliphatic carboxylic acids is 1. The molecule has 1 saturated carbocycles. The number of carbonyl (C=O) groups excluding carboxylic acids is 1. The number of hydrogen-bond acceptors (Lipinski definition) is 2. The number of halogens is 1. The van der Waals surface area contributed by atoms with Gasteiger partial charge in [-0.05, 0) is 25.0 Å². The van der Waals surface area contributed by atoms with Crippen LogP contribution in [0, 0.1) is 5.82 Å². The summed E-state index contributed by atoms with van der Waals surface area (Å²) in [5.74, 6) is -1.94. The molecule has 1 amide bonds. The second kappa shape index (κ2) is 6.52. The molecule has 1 aliphatic carbocycles. The highest BCUT2D eigenvalue weighted by Gasteiger charge is 2.40. The molecule has 1 aromatic carbocycles. The molecular weight excluding hydrogens is 273 g/mol. The van der Waals surface area contributed by atoms with Gasteiger partial charge >= 0.3 is 5.97 Å². The fourth-order valence-corrected chi connectivity index (χ4v) is 2.60. The molecule has 0 atom stereocenters. The average molecular weight is 291 g/mol. The molecule has 0 spiro atoms. The van der Waals surface area contributed by atoms with Crippen molar-refractivity contribution in [3.8, 4) is 0 Å². The SMILES string of the molecule is O=C(C=Cc1ccccc1F)NC1(C(=O)O)CCCCC1. The summed E-state index contributed by atoms with van der Waals surface area (Å²) in [6.45, 7) is 0. The number of carboxylic acid groups (broad SMARTS) is 1. The molecule has 1 aliphatic rings. The lowest BCUT2D eigenvalue weighted by atomic mass is 9.81. The van der Waals surface area contributed by atoms with Gasteiger partial charge < -0.3 is 10.4 Å². The van der Waals surface area contributed by atoms with Gasteiger partial charge in [0.2, 0.25) is 5.91 Å². The van der Waals surface area contributed by atoms with Crippen molar-refractivity contribution >= 4 is 18.0 Å². The summed E-state index contributed by atoms with van der Waals surface area (Å²) in [6.07, 6.45) is 5.94.